The predicted molar refractivity (Wildman–Crippen MR) is 68.3 cm³/mol. The molecule has 1 aliphatic carbocycles. The molecule has 0 radical (unpaired) electrons. The third-order valence-electron chi connectivity index (χ3n) is 4.03. The Kier molecular flexibility index (Phi) is 3.51. The van der Waals surface area contributed by atoms with Crippen molar-refractivity contribution in [2.75, 3.05) is 0 Å². The minimum atomic E-state index is -0.626. The maximum Gasteiger partial charge on any atom is 0.306 e. The second-order valence-electron chi connectivity index (χ2n) is 5.24. The van der Waals surface area contributed by atoms with Crippen LogP contribution in [0.5, 0.6) is 0 Å². The molecular formula is C15H20O2. The molecule has 1 aromatic carbocycles. The molecule has 2 rings (SSSR count). The van der Waals surface area contributed by atoms with E-state index in [0.717, 1.165) is 25.7 Å². The second-order valence-corrected chi connectivity index (χ2v) is 5.24. The Bertz CT molecular complexity index is 423. The van der Waals surface area contributed by atoms with Gasteiger partial charge in [0.15, 0.2) is 0 Å². The lowest BCUT2D eigenvalue weighted by Gasteiger charge is -2.27. The standard InChI is InChI=1S/C15H20O2/c1-10-6-7-13(8-11(10)2)12-4-3-5-14(9-12)15(16)17/h6-8,12,14H,3-5,9H2,1-2H3,(H,16,17). The van der Waals surface area contributed by atoms with Crippen molar-refractivity contribution in [2.45, 2.75) is 45.4 Å². The highest BCUT2D eigenvalue weighted by Gasteiger charge is 2.27. The van der Waals surface area contributed by atoms with Gasteiger partial charge in [0.25, 0.3) is 0 Å². The molecular weight excluding hydrogens is 212 g/mol. The number of aliphatic carboxylic acids is 1. The van der Waals surface area contributed by atoms with Crippen LogP contribution in [0, 0.1) is 19.8 Å². The van der Waals surface area contributed by atoms with E-state index in [4.69, 9.17) is 5.11 Å². The fraction of sp³-hybridized carbons (Fsp3) is 0.533. The lowest BCUT2D eigenvalue weighted by molar-refractivity contribution is -0.142. The largest absolute Gasteiger partial charge is 0.481 e. The van der Waals surface area contributed by atoms with Crippen LogP contribution in [0.3, 0.4) is 0 Å². The van der Waals surface area contributed by atoms with Crippen LogP contribution in [-0.2, 0) is 4.79 Å². The molecule has 92 valence electrons. The van der Waals surface area contributed by atoms with Crippen molar-refractivity contribution in [3.05, 3.63) is 34.9 Å². The number of hydrogen-bond acceptors (Lipinski definition) is 1. The number of carboxylic acid groups (broad SMARTS) is 1. The van der Waals surface area contributed by atoms with Gasteiger partial charge in [-0.15, -0.1) is 0 Å². The summed E-state index contributed by atoms with van der Waals surface area (Å²) in [7, 11) is 0. The van der Waals surface area contributed by atoms with Crippen LogP contribution >= 0.6 is 0 Å². The number of aryl methyl sites for hydroxylation is 2. The molecule has 2 atom stereocenters. The van der Waals surface area contributed by atoms with E-state index in [2.05, 4.69) is 32.0 Å². The van der Waals surface area contributed by atoms with Crippen molar-refractivity contribution in [1.29, 1.82) is 0 Å². The Morgan fingerprint density at radius 1 is 1.24 bits per heavy atom. The molecule has 0 amide bonds. The first-order valence-electron chi connectivity index (χ1n) is 6.38. The first-order chi connectivity index (χ1) is 8.08. The summed E-state index contributed by atoms with van der Waals surface area (Å²) in [6.07, 6.45) is 3.81. The highest BCUT2D eigenvalue weighted by molar-refractivity contribution is 5.70. The van der Waals surface area contributed by atoms with Gasteiger partial charge in [-0.1, -0.05) is 24.6 Å². The molecule has 1 aromatic rings. The second kappa shape index (κ2) is 4.91. The third kappa shape index (κ3) is 2.68. The van der Waals surface area contributed by atoms with E-state index in [1.165, 1.54) is 16.7 Å². The Morgan fingerprint density at radius 3 is 2.65 bits per heavy atom. The van der Waals surface area contributed by atoms with E-state index in [1.807, 2.05) is 0 Å². The predicted octanol–water partition coefficient (Wildman–Crippen LogP) is 3.66. The zero-order valence-corrected chi connectivity index (χ0v) is 10.6. The minimum absolute atomic E-state index is 0.143. The molecule has 0 heterocycles. The van der Waals surface area contributed by atoms with Gasteiger partial charge in [-0.3, -0.25) is 4.79 Å². The van der Waals surface area contributed by atoms with Crippen molar-refractivity contribution in [3.63, 3.8) is 0 Å². The average Bonchev–Trinajstić information content (AvgIpc) is 2.33. The van der Waals surface area contributed by atoms with Crippen LogP contribution in [0.15, 0.2) is 18.2 Å². The zero-order chi connectivity index (χ0) is 12.4. The minimum Gasteiger partial charge on any atom is -0.481 e. The van der Waals surface area contributed by atoms with Gasteiger partial charge in [-0.25, -0.2) is 0 Å². The lowest BCUT2D eigenvalue weighted by atomic mass is 9.77. The number of benzene rings is 1. The summed E-state index contributed by atoms with van der Waals surface area (Å²) in [5.41, 5.74) is 3.93. The van der Waals surface area contributed by atoms with Crippen LogP contribution in [0.1, 0.15) is 48.3 Å². The third-order valence-corrected chi connectivity index (χ3v) is 4.03. The zero-order valence-electron chi connectivity index (χ0n) is 10.6. The molecule has 0 aromatic heterocycles. The first-order valence-corrected chi connectivity index (χ1v) is 6.38. The summed E-state index contributed by atoms with van der Waals surface area (Å²) in [6, 6.07) is 6.54. The molecule has 2 heteroatoms. The maximum absolute atomic E-state index is 11.1. The molecule has 0 saturated heterocycles. The quantitative estimate of drug-likeness (QED) is 0.844. The van der Waals surface area contributed by atoms with Crippen LogP contribution in [-0.4, -0.2) is 11.1 Å². The molecule has 1 N–H and O–H groups in total. The molecule has 1 aliphatic rings. The van der Waals surface area contributed by atoms with E-state index in [0.29, 0.717) is 5.92 Å². The summed E-state index contributed by atoms with van der Waals surface area (Å²) in [4.78, 5) is 11.1. The maximum atomic E-state index is 11.1. The Labute approximate surface area is 103 Å². The van der Waals surface area contributed by atoms with E-state index >= 15 is 0 Å². The summed E-state index contributed by atoms with van der Waals surface area (Å²) in [6.45, 7) is 4.23. The molecule has 2 nitrogen and oxygen atoms in total. The molecule has 0 spiro atoms. The van der Waals surface area contributed by atoms with Gasteiger partial charge in [0.05, 0.1) is 5.92 Å². The Hall–Kier alpha value is -1.31. The number of carbonyl (C=O) groups is 1. The normalized spacial score (nSPS) is 24.6. The Balaban J connectivity index is 2.16. The highest BCUT2D eigenvalue weighted by atomic mass is 16.4. The van der Waals surface area contributed by atoms with E-state index in [9.17, 15) is 4.79 Å². The van der Waals surface area contributed by atoms with Gasteiger partial charge in [0.2, 0.25) is 0 Å². The molecule has 0 bridgehead atoms. The summed E-state index contributed by atoms with van der Waals surface area (Å²) in [5.74, 6) is -0.335. The highest BCUT2D eigenvalue weighted by Crippen LogP contribution is 2.36. The van der Waals surface area contributed by atoms with E-state index < -0.39 is 5.97 Å². The first kappa shape index (κ1) is 12.2. The topological polar surface area (TPSA) is 37.3 Å². The summed E-state index contributed by atoms with van der Waals surface area (Å²) >= 11 is 0. The smallest absolute Gasteiger partial charge is 0.306 e. The van der Waals surface area contributed by atoms with Crippen LogP contribution in [0.2, 0.25) is 0 Å². The van der Waals surface area contributed by atoms with Gasteiger partial charge in [0, 0.05) is 0 Å². The van der Waals surface area contributed by atoms with Crippen molar-refractivity contribution < 1.29 is 9.90 Å². The van der Waals surface area contributed by atoms with Crippen molar-refractivity contribution >= 4 is 5.97 Å². The lowest BCUT2D eigenvalue weighted by Crippen LogP contribution is -2.21. The number of carboxylic acids is 1. The molecule has 17 heavy (non-hydrogen) atoms. The van der Waals surface area contributed by atoms with E-state index in [1.54, 1.807) is 0 Å². The monoisotopic (exact) mass is 232 g/mol. The average molecular weight is 232 g/mol. The Morgan fingerprint density at radius 2 is 2.00 bits per heavy atom. The van der Waals surface area contributed by atoms with E-state index in [-0.39, 0.29) is 5.92 Å². The molecule has 2 unspecified atom stereocenters. The van der Waals surface area contributed by atoms with Gasteiger partial charge in [-0.2, -0.15) is 0 Å². The van der Waals surface area contributed by atoms with Gasteiger partial charge in [0.1, 0.15) is 0 Å². The number of rotatable bonds is 2. The fourth-order valence-electron chi connectivity index (χ4n) is 2.74. The fourth-order valence-corrected chi connectivity index (χ4v) is 2.74. The van der Waals surface area contributed by atoms with Crippen molar-refractivity contribution in [2.24, 2.45) is 5.92 Å². The molecule has 0 aliphatic heterocycles. The van der Waals surface area contributed by atoms with Gasteiger partial charge in [-0.05, 0) is 55.7 Å². The van der Waals surface area contributed by atoms with Crippen LogP contribution < -0.4 is 0 Å². The van der Waals surface area contributed by atoms with Crippen molar-refractivity contribution in [3.8, 4) is 0 Å². The summed E-state index contributed by atoms with van der Waals surface area (Å²) in [5, 5.41) is 9.10. The van der Waals surface area contributed by atoms with Gasteiger partial charge >= 0.3 is 5.97 Å². The van der Waals surface area contributed by atoms with Crippen LogP contribution in [0.25, 0.3) is 0 Å². The molecule has 1 fully saturated rings. The van der Waals surface area contributed by atoms with Crippen molar-refractivity contribution in [1.82, 2.24) is 0 Å². The van der Waals surface area contributed by atoms with Gasteiger partial charge < -0.3 is 5.11 Å². The SMILES string of the molecule is Cc1ccc(C2CCCC(C(=O)O)C2)cc1C. The number of hydrogen-bond donors (Lipinski definition) is 1. The van der Waals surface area contributed by atoms with Crippen LogP contribution in [0.4, 0.5) is 0 Å². The summed E-state index contributed by atoms with van der Waals surface area (Å²) < 4.78 is 0. The molecule has 1 saturated carbocycles.